The maximum atomic E-state index is 10.6. The minimum absolute atomic E-state index is 0.0802. The topological polar surface area (TPSA) is 67.5 Å². The van der Waals surface area contributed by atoms with Gasteiger partial charge >= 0.3 is 0 Å². The van der Waals surface area contributed by atoms with Crippen LogP contribution in [0.4, 0.5) is 11.4 Å². The third-order valence-corrected chi connectivity index (χ3v) is 1.69. The lowest BCUT2D eigenvalue weighted by molar-refractivity contribution is -0.384. The molecule has 5 nitrogen and oxygen atoms in total. The summed E-state index contributed by atoms with van der Waals surface area (Å²) < 4.78 is 0. The minimum Gasteiger partial charge on any atom is -0.378 e. The molecule has 1 rings (SSSR count). The molecule has 0 amide bonds. The number of benzene rings is 1. The Hall–Kier alpha value is -1.91. The van der Waals surface area contributed by atoms with Gasteiger partial charge in [0.2, 0.25) is 0 Å². The van der Waals surface area contributed by atoms with Gasteiger partial charge in [0.1, 0.15) is 5.69 Å². The van der Waals surface area contributed by atoms with Gasteiger partial charge < -0.3 is 5.32 Å². The van der Waals surface area contributed by atoms with Crippen molar-refractivity contribution in [3.05, 3.63) is 34.4 Å². The fourth-order valence-electron chi connectivity index (χ4n) is 1.05. The van der Waals surface area contributed by atoms with Crippen molar-refractivity contribution < 1.29 is 4.92 Å². The number of hydrogen-bond acceptors (Lipinski definition) is 4. The molecular formula is C9H11N3O2. The monoisotopic (exact) mass is 193 g/mol. The molecule has 0 bridgehead atoms. The van der Waals surface area contributed by atoms with E-state index in [4.69, 9.17) is 0 Å². The lowest BCUT2D eigenvalue weighted by Gasteiger charge is -2.04. The maximum absolute atomic E-state index is 10.6. The molecule has 0 fully saturated rings. The number of nitro groups is 1. The molecule has 0 saturated carbocycles. The zero-order chi connectivity index (χ0) is 10.4. The Morgan fingerprint density at radius 3 is 2.86 bits per heavy atom. The van der Waals surface area contributed by atoms with Crippen molar-refractivity contribution in [2.45, 2.75) is 0 Å². The fourth-order valence-corrected chi connectivity index (χ4v) is 1.05. The van der Waals surface area contributed by atoms with Crippen LogP contribution in [0.3, 0.4) is 0 Å². The quantitative estimate of drug-likeness (QED) is 0.335. The number of para-hydroxylation sites is 2. The summed E-state index contributed by atoms with van der Waals surface area (Å²) in [5.41, 5.74) is 0.595. The molecule has 0 saturated heterocycles. The van der Waals surface area contributed by atoms with Crippen LogP contribution in [-0.2, 0) is 0 Å². The van der Waals surface area contributed by atoms with Crippen molar-refractivity contribution in [1.29, 1.82) is 0 Å². The second-order valence-corrected chi connectivity index (χ2v) is 2.65. The largest absolute Gasteiger partial charge is 0.378 e. The Bertz CT molecular complexity index is 339. The Morgan fingerprint density at radius 2 is 2.21 bits per heavy atom. The van der Waals surface area contributed by atoms with E-state index in [1.807, 2.05) is 0 Å². The summed E-state index contributed by atoms with van der Waals surface area (Å²) in [6.07, 6.45) is 0. The first kappa shape index (κ1) is 10.2. The molecule has 0 radical (unpaired) electrons. The van der Waals surface area contributed by atoms with E-state index in [1.54, 1.807) is 18.2 Å². The van der Waals surface area contributed by atoms with Gasteiger partial charge in [-0.05, 0) is 12.8 Å². The number of nitrogens with zero attached hydrogens (tertiary/aromatic N) is 2. The van der Waals surface area contributed by atoms with Crippen molar-refractivity contribution in [2.75, 3.05) is 18.4 Å². The van der Waals surface area contributed by atoms with Crippen molar-refractivity contribution in [3.8, 4) is 0 Å². The molecule has 0 aliphatic carbocycles. The van der Waals surface area contributed by atoms with E-state index < -0.39 is 4.92 Å². The van der Waals surface area contributed by atoms with Crippen LogP contribution in [0.15, 0.2) is 29.3 Å². The zero-order valence-electron chi connectivity index (χ0n) is 7.64. The first-order valence-electron chi connectivity index (χ1n) is 4.15. The highest BCUT2D eigenvalue weighted by molar-refractivity contribution is 5.61. The molecule has 0 spiro atoms. The third kappa shape index (κ3) is 2.55. The summed E-state index contributed by atoms with van der Waals surface area (Å²) in [6.45, 7) is 4.41. The van der Waals surface area contributed by atoms with Gasteiger partial charge in [-0.3, -0.25) is 15.1 Å². The smallest absolute Gasteiger partial charge is 0.292 e. The van der Waals surface area contributed by atoms with E-state index in [9.17, 15) is 10.1 Å². The average Bonchev–Trinajstić information content (AvgIpc) is 2.19. The van der Waals surface area contributed by atoms with Gasteiger partial charge in [-0.15, -0.1) is 0 Å². The standard InChI is InChI=1S/C9H11N3O2/c1-10-6-7-11-8-4-2-3-5-9(8)12(13)14/h2-5,11H,1,6-7H2. The number of rotatable bonds is 5. The van der Waals surface area contributed by atoms with E-state index in [0.29, 0.717) is 18.8 Å². The molecule has 0 unspecified atom stereocenters. The number of anilines is 1. The molecule has 0 aromatic heterocycles. The first-order chi connectivity index (χ1) is 6.75. The lowest BCUT2D eigenvalue weighted by atomic mass is 10.2. The highest BCUT2D eigenvalue weighted by Crippen LogP contribution is 2.22. The highest BCUT2D eigenvalue weighted by Gasteiger charge is 2.10. The molecule has 14 heavy (non-hydrogen) atoms. The molecule has 5 heteroatoms. The SMILES string of the molecule is C=NCCNc1ccccc1[N+](=O)[O-]. The normalized spacial score (nSPS) is 9.43. The van der Waals surface area contributed by atoms with Crippen LogP contribution >= 0.6 is 0 Å². The maximum Gasteiger partial charge on any atom is 0.292 e. The van der Waals surface area contributed by atoms with Crippen LogP contribution in [0.5, 0.6) is 0 Å². The van der Waals surface area contributed by atoms with Gasteiger partial charge in [-0.1, -0.05) is 12.1 Å². The number of nitro benzene ring substituents is 1. The van der Waals surface area contributed by atoms with E-state index in [2.05, 4.69) is 17.0 Å². The van der Waals surface area contributed by atoms with Crippen LogP contribution in [0.2, 0.25) is 0 Å². The van der Waals surface area contributed by atoms with Crippen LogP contribution in [-0.4, -0.2) is 24.7 Å². The Morgan fingerprint density at radius 1 is 1.50 bits per heavy atom. The van der Waals surface area contributed by atoms with E-state index in [-0.39, 0.29) is 5.69 Å². The van der Waals surface area contributed by atoms with E-state index >= 15 is 0 Å². The zero-order valence-corrected chi connectivity index (χ0v) is 7.64. The predicted octanol–water partition coefficient (Wildman–Crippen LogP) is 1.71. The molecule has 0 aliphatic rings. The molecule has 1 aromatic carbocycles. The fraction of sp³-hybridized carbons (Fsp3) is 0.222. The Balaban J connectivity index is 2.74. The Kier molecular flexibility index (Phi) is 3.60. The number of aliphatic imine (C=N–C) groups is 1. The molecule has 0 aliphatic heterocycles. The molecule has 0 heterocycles. The summed E-state index contributed by atoms with van der Waals surface area (Å²) in [5.74, 6) is 0. The summed E-state index contributed by atoms with van der Waals surface area (Å²) in [5, 5.41) is 13.5. The van der Waals surface area contributed by atoms with Gasteiger partial charge in [-0.25, -0.2) is 0 Å². The van der Waals surface area contributed by atoms with Crippen molar-refractivity contribution in [3.63, 3.8) is 0 Å². The molecule has 1 N–H and O–H groups in total. The van der Waals surface area contributed by atoms with Gasteiger partial charge in [-0.2, -0.15) is 0 Å². The number of hydrogen-bond donors (Lipinski definition) is 1. The van der Waals surface area contributed by atoms with Crippen molar-refractivity contribution in [2.24, 2.45) is 4.99 Å². The molecule has 0 atom stereocenters. The minimum atomic E-state index is -0.413. The number of nitrogens with one attached hydrogen (secondary N) is 1. The average molecular weight is 193 g/mol. The lowest BCUT2D eigenvalue weighted by Crippen LogP contribution is -2.06. The molecular weight excluding hydrogens is 182 g/mol. The second-order valence-electron chi connectivity index (χ2n) is 2.65. The predicted molar refractivity (Wildman–Crippen MR) is 56.0 cm³/mol. The van der Waals surface area contributed by atoms with Gasteiger partial charge in [0.25, 0.3) is 5.69 Å². The van der Waals surface area contributed by atoms with Gasteiger partial charge in [0.15, 0.2) is 0 Å². The Labute approximate surface area is 81.6 Å². The van der Waals surface area contributed by atoms with Gasteiger partial charge in [0, 0.05) is 12.6 Å². The summed E-state index contributed by atoms with van der Waals surface area (Å²) in [7, 11) is 0. The summed E-state index contributed by atoms with van der Waals surface area (Å²) >= 11 is 0. The summed E-state index contributed by atoms with van der Waals surface area (Å²) in [4.78, 5) is 13.8. The van der Waals surface area contributed by atoms with Crippen LogP contribution in [0.25, 0.3) is 0 Å². The summed E-state index contributed by atoms with van der Waals surface area (Å²) in [6, 6.07) is 6.51. The van der Waals surface area contributed by atoms with E-state index in [0.717, 1.165) is 0 Å². The third-order valence-electron chi connectivity index (χ3n) is 1.69. The van der Waals surface area contributed by atoms with Crippen LogP contribution < -0.4 is 5.32 Å². The van der Waals surface area contributed by atoms with Crippen LogP contribution in [0, 0.1) is 10.1 Å². The first-order valence-corrected chi connectivity index (χ1v) is 4.15. The highest BCUT2D eigenvalue weighted by atomic mass is 16.6. The van der Waals surface area contributed by atoms with Crippen LogP contribution in [0.1, 0.15) is 0 Å². The van der Waals surface area contributed by atoms with Crippen molar-refractivity contribution >= 4 is 18.1 Å². The van der Waals surface area contributed by atoms with Gasteiger partial charge in [0.05, 0.1) is 11.5 Å². The van der Waals surface area contributed by atoms with E-state index in [1.165, 1.54) is 6.07 Å². The molecule has 1 aromatic rings. The second kappa shape index (κ2) is 4.96. The molecule has 74 valence electrons. The van der Waals surface area contributed by atoms with Crippen molar-refractivity contribution in [1.82, 2.24) is 0 Å².